The second kappa shape index (κ2) is 4.85. The molecule has 0 aliphatic heterocycles. The molecule has 0 unspecified atom stereocenters. The Kier molecular flexibility index (Phi) is 4.45. The average molecular weight is 160 g/mol. The Morgan fingerprint density at radius 1 is 1.55 bits per heavy atom. The topological polar surface area (TPSA) is 18.0 Å². The van der Waals surface area contributed by atoms with Crippen LogP contribution in [0.5, 0.6) is 0 Å². The van der Waals surface area contributed by atoms with Crippen LogP contribution in [0.25, 0.3) is 0 Å². The predicted octanol–water partition coefficient (Wildman–Crippen LogP) is -2.69. The summed E-state index contributed by atoms with van der Waals surface area (Å²) in [4.78, 5) is 0. The van der Waals surface area contributed by atoms with Crippen molar-refractivity contribution in [1.29, 1.82) is 0 Å². The first-order valence-electron chi connectivity index (χ1n) is 3.41. The van der Waals surface area contributed by atoms with E-state index in [9.17, 15) is 0 Å². The van der Waals surface area contributed by atoms with Crippen molar-refractivity contribution in [2.45, 2.75) is 13.7 Å². The third-order valence-electron chi connectivity index (χ3n) is 1.27. The maximum Gasteiger partial charge on any atom is 0.245 e. The van der Waals surface area contributed by atoms with Crippen LogP contribution in [0.1, 0.15) is 6.92 Å². The molecule has 0 amide bonds. The number of hydrogen-bond acceptors (Lipinski definition) is 1. The Bertz CT molecular complexity index is 200. The Morgan fingerprint density at radius 3 is 2.73 bits per heavy atom. The molecular weight excluding hydrogens is 147 g/mol. The Balaban J connectivity index is 0.000001000. The lowest BCUT2D eigenvalue weighted by molar-refractivity contribution is -0.732. The standard InChI is InChI=1S/C7H13N2O.FH/c1-3-10-7-9-5-4-8(2)6-9;/h4-6H,3,7H2,1-2H3;1H/q+1;/p-1. The summed E-state index contributed by atoms with van der Waals surface area (Å²) in [5, 5.41) is 0. The summed E-state index contributed by atoms with van der Waals surface area (Å²) in [6.45, 7) is 3.41. The zero-order valence-corrected chi connectivity index (χ0v) is 6.83. The molecule has 11 heavy (non-hydrogen) atoms. The van der Waals surface area contributed by atoms with Crippen LogP contribution < -0.4 is 9.27 Å². The minimum Gasteiger partial charge on any atom is -1.00 e. The lowest BCUT2D eigenvalue weighted by Crippen LogP contribution is -3.00. The summed E-state index contributed by atoms with van der Waals surface area (Å²) in [5.41, 5.74) is 0. The van der Waals surface area contributed by atoms with E-state index in [4.69, 9.17) is 4.74 Å². The van der Waals surface area contributed by atoms with Gasteiger partial charge in [0.1, 0.15) is 12.4 Å². The average Bonchev–Trinajstić information content (AvgIpc) is 2.31. The van der Waals surface area contributed by atoms with Crippen molar-refractivity contribution < 1.29 is 14.0 Å². The van der Waals surface area contributed by atoms with E-state index in [1.807, 2.05) is 41.8 Å². The van der Waals surface area contributed by atoms with Crippen LogP contribution in [0.3, 0.4) is 0 Å². The molecule has 0 N–H and O–H groups in total. The molecule has 0 bridgehead atoms. The summed E-state index contributed by atoms with van der Waals surface area (Å²) < 4.78 is 9.16. The number of imidazole rings is 1. The van der Waals surface area contributed by atoms with Gasteiger partial charge in [-0.25, -0.2) is 9.13 Å². The minimum absolute atomic E-state index is 0. The van der Waals surface area contributed by atoms with E-state index in [0.29, 0.717) is 6.73 Å². The first-order valence-corrected chi connectivity index (χ1v) is 3.41. The molecule has 0 saturated heterocycles. The lowest BCUT2D eigenvalue weighted by atomic mass is 10.8. The van der Waals surface area contributed by atoms with Crippen molar-refractivity contribution in [2.75, 3.05) is 6.61 Å². The van der Waals surface area contributed by atoms with Gasteiger partial charge in [-0.15, -0.1) is 0 Å². The monoisotopic (exact) mass is 160 g/mol. The summed E-state index contributed by atoms with van der Waals surface area (Å²) in [6.07, 6.45) is 5.95. The molecule has 3 nitrogen and oxygen atoms in total. The Hall–Kier alpha value is -0.900. The molecule has 0 fully saturated rings. The fraction of sp³-hybridized carbons (Fsp3) is 0.571. The number of aryl methyl sites for hydroxylation is 1. The summed E-state index contributed by atoms with van der Waals surface area (Å²) in [7, 11) is 1.99. The van der Waals surface area contributed by atoms with Crippen LogP contribution in [0.15, 0.2) is 18.7 Å². The van der Waals surface area contributed by atoms with E-state index in [2.05, 4.69) is 0 Å². The largest absolute Gasteiger partial charge is 1.00 e. The zero-order valence-electron chi connectivity index (χ0n) is 6.83. The fourth-order valence-corrected chi connectivity index (χ4v) is 0.775. The van der Waals surface area contributed by atoms with Crippen molar-refractivity contribution in [3.63, 3.8) is 0 Å². The molecule has 1 aromatic heterocycles. The van der Waals surface area contributed by atoms with E-state index < -0.39 is 0 Å². The van der Waals surface area contributed by atoms with Crippen molar-refractivity contribution in [1.82, 2.24) is 4.57 Å². The van der Waals surface area contributed by atoms with Crippen molar-refractivity contribution in [3.05, 3.63) is 18.7 Å². The van der Waals surface area contributed by atoms with Gasteiger partial charge in [-0.3, -0.25) is 0 Å². The highest BCUT2D eigenvalue weighted by Crippen LogP contribution is 1.77. The summed E-state index contributed by atoms with van der Waals surface area (Å²) in [5.74, 6) is 0. The molecule has 64 valence electrons. The Morgan fingerprint density at radius 2 is 2.27 bits per heavy atom. The van der Waals surface area contributed by atoms with Gasteiger partial charge in [0, 0.05) is 6.61 Å². The molecule has 0 aliphatic rings. The van der Waals surface area contributed by atoms with Gasteiger partial charge < -0.3 is 9.44 Å². The molecule has 4 heteroatoms. The van der Waals surface area contributed by atoms with Crippen LogP contribution in [0.2, 0.25) is 0 Å². The number of halogens is 1. The first kappa shape index (κ1) is 10.1. The molecule has 0 radical (unpaired) electrons. The molecule has 0 atom stereocenters. The first-order chi connectivity index (χ1) is 4.83. The van der Waals surface area contributed by atoms with Gasteiger partial charge in [0.05, 0.1) is 7.05 Å². The van der Waals surface area contributed by atoms with E-state index in [1.54, 1.807) is 0 Å². The zero-order chi connectivity index (χ0) is 7.40. The minimum atomic E-state index is 0. The van der Waals surface area contributed by atoms with E-state index >= 15 is 0 Å². The van der Waals surface area contributed by atoms with E-state index in [-0.39, 0.29) is 4.70 Å². The third kappa shape index (κ3) is 3.13. The quantitative estimate of drug-likeness (QED) is 0.440. The molecule has 0 aliphatic carbocycles. The number of nitrogens with zero attached hydrogens (tertiary/aromatic N) is 2. The van der Waals surface area contributed by atoms with E-state index in [0.717, 1.165) is 6.61 Å². The smallest absolute Gasteiger partial charge is 0.245 e. The normalized spacial score (nSPS) is 9.27. The highest BCUT2D eigenvalue weighted by Gasteiger charge is 1.96. The summed E-state index contributed by atoms with van der Waals surface area (Å²) in [6, 6.07) is 0. The highest BCUT2D eigenvalue weighted by molar-refractivity contribution is 4.61. The van der Waals surface area contributed by atoms with Crippen LogP contribution in [0.4, 0.5) is 0 Å². The lowest BCUT2D eigenvalue weighted by Gasteiger charge is -1.93. The molecule has 0 spiro atoms. The van der Waals surface area contributed by atoms with E-state index in [1.165, 1.54) is 0 Å². The Labute approximate surface area is 65.6 Å². The second-order valence-corrected chi connectivity index (χ2v) is 2.22. The number of rotatable bonds is 3. The highest BCUT2D eigenvalue weighted by atomic mass is 19.0. The maximum atomic E-state index is 5.18. The SMILES string of the molecule is CCOC[n+]1ccn(C)c1.[F-]. The predicted molar refractivity (Wildman–Crippen MR) is 37.2 cm³/mol. The van der Waals surface area contributed by atoms with Gasteiger partial charge in [0.2, 0.25) is 6.33 Å². The van der Waals surface area contributed by atoms with Gasteiger partial charge in [-0.2, -0.15) is 0 Å². The van der Waals surface area contributed by atoms with Crippen LogP contribution in [-0.4, -0.2) is 11.2 Å². The van der Waals surface area contributed by atoms with Crippen LogP contribution in [0, 0.1) is 0 Å². The number of hydrogen-bond donors (Lipinski definition) is 0. The van der Waals surface area contributed by atoms with Gasteiger partial charge in [0.25, 0.3) is 0 Å². The van der Waals surface area contributed by atoms with Crippen molar-refractivity contribution >= 4 is 0 Å². The molecule has 1 rings (SSSR count). The maximum absolute atomic E-state index is 5.18. The molecule has 1 aromatic rings. The molecule has 0 saturated carbocycles. The fourth-order valence-electron chi connectivity index (χ4n) is 0.775. The van der Waals surface area contributed by atoms with Crippen LogP contribution in [-0.2, 0) is 18.5 Å². The number of ether oxygens (including phenoxy) is 1. The van der Waals surface area contributed by atoms with Crippen molar-refractivity contribution in [3.8, 4) is 0 Å². The molecule has 1 heterocycles. The van der Waals surface area contributed by atoms with Gasteiger partial charge >= 0.3 is 0 Å². The molecular formula is C7H13FN2O. The van der Waals surface area contributed by atoms with Gasteiger partial charge in [-0.1, -0.05) is 0 Å². The van der Waals surface area contributed by atoms with Crippen LogP contribution >= 0.6 is 0 Å². The van der Waals surface area contributed by atoms with Crippen molar-refractivity contribution in [2.24, 2.45) is 7.05 Å². The molecule has 0 aromatic carbocycles. The second-order valence-electron chi connectivity index (χ2n) is 2.22. The third-order valence-corrected chi connectivity index (χ3v) is 1.27. The summed E-state index contributed by atoms with van der Waals surface area (Å²) >= 11 is 0. The number of aromatic nitrogens is 2. The van der Waals surface area contributed by atoms with Gasteiger partial charge in [-0.05, 0) is 6.92 Å². The van der Waals surface area contributed by atoms with Gasteiger partial charge in [0.15, 0.2) is 6.73 Å².